The third-order valence-electron chi connectivity index (χ3n) is 4.53. The van der Waals surface area contributed by atoms with Gasteiger partial charge < -0.3 is 10.2 Å². The summed E-state index contributed by atoms with van der Waals surface area (Å²) in [5.41, 5.74) is -0.232. The van der Waals surface area contributed by atoms with Crippen molar-refractivity contribution in [1.29, 1.82) is 0 Å². The van der Waals surface area contributed by atoms with Crippen LogP contribution in [0.4, 0.5) is 0 Å². The van der Waals surface area contributed by atoms with Crippen LogP contribution in [0.1, 0.15) is 19.8 Å². The number of piperidine rings is 1. The van der Waals surface area contributed by atoms with Crippen molar-refractivity contribution in [1.82, 2.24) is 29.8 Å². The van der Waals surface area contributed by atoms with E-state index in [9.17, 15) is 14.4 Å². The summed E-state index contributed by atoms with van der Waals surface area (Å²) in [6, 6.07) is 4.81. The fraction of sp³-hybridized carbons (Fsp3) is 0.471. The van der Waals surface area contributed by atoms with Gasteiger partial charge in [-0.2, -0.15) is 5.10 Å². The number of likely N-dealkylation sites (tertiary alicyclic amines) is 1. The van der Waals surface area contributed by atoms with Crippen LogP contribution in [-0.2, 0) is 16.1 Å². The van der Waals surface area contributed by atoms with Gasteiger partial charge in [0.05, 0.1) is 6.54 Å². The van der Waals surface area contributed by atoms with Crippen molar-refractivity contribution >= 4 is 11.8 Å². The third-order valence-corrected chi connectivity index (χ3v) is 4.53. The highest BCUT2D eigenvalue weighted by molar-refractivity contribution is 5.79. The van der Waals surface area contributed by atoms with Crippen molar-refractivity contribution in [2.45, 2.75) is 26.3 Å². The molecule has 1 N–H and O–H groups in total. The van der Waals surface area contributed by atoms with E-state index in [0.717, 1.165) is 0 Å². The number of carbonyl (C=O) groups excluding carboxylic acids is 2. The number of nitrogens with one attached hydrogen (secondary N) is 1. The Kier molecular flexibility index (Phi) is 5.45. The predicted octanol–water partition coefficient (Wildman–Crippen LogP) is -0.196. The van der Waals surface area contributed by atoms with E-state index in [1.54, 1.807) is 41.0 Å². The van der Waals surface area contributed by atoms with E-state index in [4.69, 9.17) is 0 Å². The Morgan fingerprint density at radius 1 is 1.27 bits per heavy atom. The zero-order valence-corrected chi connectivity index (χ0v) is 14.7. The second kappa shape index (κ2) is 7.94. The van der Waals surface area contributed by atoms with Gasteiger partial charge in [-0.05, 0) is 25.0 Å². The summed E-state index contributed by atoms with van der Waals surface area (Å²) in [7, 11) is 0. The summed E-state index contributed by atoms with van der Waals surface area (Å²) >= 11 is 0. The average molecular weight is 358 g/mol. The predicted molar refractivity (Wildman–Crippen MR) is 93.6 cm³/mol. The molecule has 9 heteroatoms. The van der Waals surface area contributed by atoms with Crippen molar-refractivity contribution in [3.8, 4) is 5.82 Å². The van der Waals surface area contributed by atoms with Crippen molar-refractivity contribution in [2.24, 2.45) is 5.92 Å². The van der Waals surface area contributed by atoms with Crippen LogP contribution in [0.5, 0.6) is 0 Å². The van der Waals surface area contributed by atoms with Gasteiger partial charge in [-0.25, -0.2) is 9.36 Å². The van der Waals surface area contributed by atoms with Crippen LogP contribution in [0.3, 0.4) is 0 Å². The minimum Gasteiger partial charge on any atom is -0.354 e. The standard InChI is InChI=1S/C17H22N6O3/c1-13(24)21-10-5-14(6-11-21)17(26)18-8-12-23-16(25)4-3-15(20-23)22-9-2-7-19-22/h2-4,7,9,14H,5-6,8,10-12H2,1H3,(H,18,26). The molecule has 0 atom stereocenters. The molecule has 0 unspecified atom stereocenters. The summed E-state index contributed by atoms with van der Waals surface area (Å²) in [6.45, 7) is 3.37. The first-order chi connectivity index (χ1) is 12.5. The molecule has 0 aliphatic carbocycles. The molecule has 1 aliphatic heterocycles. The maximum absolute atomic E-state index is 12.3. The molecule has 0 saturated carbocycles. The van der Waals surface area contributed by atoms with Crippen molar-refractivity contribution < 1.29 is 9.59 Å². The summed E-state index contributed by atoms with van der Waals surface area (Å²) in [6.07, 6.45) is 4.71. The van der Waals surface area contributed by atoms with Crippen LogP contribution < -0.4 is 10.9 Å². The molecule has 1 saturated heterocycles. The number of carbonyl (C=O) groups is 2. The van der Waals surface area contributed by atoms with Gasteiger partial charge in [0.1, 0.15) is 0 Å². The Labute approximate surface area is 150 Å². The largest absolute Gasteiger partial charge is 0.354 e. The first kappa shape index (κ1) is 17.8. The van der Waals surface area contributed by atoms with E-state index in [1.807, 2.05) is 0 Å². The minimum absolute atomic E-state index is 0.0375. The minimum atomic E-state index is -0.232. The molecule has 2 aromatic rings. The summed E-state index contributed by atoms with van der Waals surface area (Å²) < 4.78 is 2.88. The highest BCUT2D eigenvalue weighted by Crippen LogP contribution is 2.17. The van der Waals surface area contributed by atoms with E-state index in [-0.39, 0.29) is 29.8 Å². The van der Waals surface area contributed by atoms with Crippen LogP contribution >= 0.6 is 0 Å². The summed E-state index contributed by atoms with van der Waals surface area (Å²) in [4.78, 5) is 37.3. The molecular weight excluding hydrogens is 336 g/mol. The molecule has 1 fully saturated rings. The molecule has 138 valence electrons. The molecule has 0 bridgehead atoms. The van der Waals surface area contributed by atoms with Crippen LogP contribution in [0.15, 0.2) is 35.4 Å². The first-order valence-corrected chi connectivity index (χ1v) is 8.66. The van der Waals surface area contributed by atoms with E-state index in [1.165, 1.54) is 10.7 Å². The lowest BCUT2D eigenvalue weighted by Gasteiger charge is -2.30. The normalized spacial score (nSPS) is 15.0. The van der Waals surface area contributed by atoms with E-state index in [0.29, 0.717) is 38.3 Å². The molecule has 1 aliphatic rings. The van der Waals surface area contributed by atoms with Crippen LogP contribution in [-0.4, -0.2) is 55.9 Å². The maximum atomic E-state index is 12.3. The second-order valence-electron chi connectivity index (χ2n) is 6.27. The second-order valence-corrected chi connectivity index (χ2v) is 6.27. The smallest absolute Gasteiger partial charge is 0.266 e. The molecule has 26 heavy (non-hydrogen) atoms. The fourth-order valence-corrected chi connectivity index (χ4v) is 3.01. The van der Waals surface area contributed by atoms with E-state index in [2.05, 4.69) is 15.5 Å². The number of hydrogen-bond donors (Lipinski definition) is 1. The van der Waals surface area contributed by atoms with Gasteiger partial charge in [-0.15, -0.1) is 5.10 Å². The molecule has 3 heterocycles. The Hall–Kier alpha value is -2.97. The molecule has 0 radical (unpaired) electrons. The molecule has 9 nitrogen and oxygen atoms in total. The topological polar surface area (TPSA) is 102 Å². The average Bonchev–Trinajstić information content (AvgIpc) is 3.18. The number of hydrogen-bond acceptors (Lipinski definition) is 5. The van der Waals surface area contributed by atoms with E-state index < -0.39 is 0 Å². The third kappa shape index (κ3) is 4.16. The van der Waals surface area contributed by atoms with Gasteiger partial charge >= 0.3 is 0 Å². The highest BCUT2D eigenvalue weighted by atomic mass is 16.2. The quantitative estimate of drug-likeness (QED) is 0.798. The lowest BCUT2D eigenvalue weighted by atomic mass is 9.96. The molecule has 0 aromatic carbocycles. The molecule has 2 amide bonds. The molecule has 0 spiro atoms. The zero-order chi connectivity index (χ0) is 18.5. The van der Waals surface area contributed by atoms with Gasteiger partial charge in [0.2, 0.25) is 11.8 Å². The van der Waals surface area contributed by atoms with Gasteiger partial charge in [-0.3, -0.25) is 14.4 Å². The molecule has 3 rings (SSSR count). The van der Waals surface area contributed by atoms with Gasteiger partial charge in [0, 0.05) is 50.9 Å². The monoisotopic (exact) mass is 358 g/mol. The highest BCUT2D eigenvalue weighted by Gasteiger charge is 2.25. The number of nitrogens with zero attached hydrogens (tertiary/aromatic N) is 5. The number of aromatic nitrogens is 4. The SMILES string of the molecule is CC(=O)N1CCC(C(=O)NCCn2nc(-n3cccn3)ccc2=O)CC1. The van der Waals surface area contributed by atoms with Crippen molar-refractivity contribution in [3.63, 3.8) is 0 Å². The van der Waals surface area contributed by atoms with Crippen molar-refractivity contribution in [2.75, 3.05) is 19.6 Å². The first-order valence-electron chi connectivity index (χ1n) is 8.66. The summed E-state index contributed by atoms with van der Waals surface area (Å²) in [5.74, 6) is 0.457. The Balaban J connectivity index is 1.52. The summed E-state index contributed by atoms with van der Waals surface area (Å²) in [5, 5.41) is 11.2. The van der Waals surface area contributed by atoms with E-state index >= 15 is 0 Å². The lowest BCUT2D eigenvalue weighted by molar-refractivity contribution is -0.133. The zero-order valence-electron chi connectivity index (χ0n) is 14.7. The van der Waals surface area contributed by atoms with Crippen LogP contribution in [0.2, 0.25) is 0 Å². The van der Waals surface area contributed by atoms with Crippen molar-refractivity contribution in [3.05, 3.63) is 40.9 Å². The van der Waals surface area contributed by atoms with Gasteiger partial charge in [0.25, 0.3) is 5.56 Å². The number of rotatable bonds is 5. The maximum Gasteiger partial charge on any atom is 0.266 e. The number of amides is 2. The Bertz CT molecular complexity index is 821. The van der Waals surface area contributed by atoms with Gasteiger partial charge in [-0.1, -0.05) is 0 Å². The molecular formula is C17H22N6O3. The Morgan fingerprint density at radius 3 is 2.69 bits per heavy atom. The fourth-order valence-electron chi connectivity index (χ4n) is 3.01. The van der Waals surface area contributed by atoms with Gasteiger partial charge in [0.15, 0.2) is 5.82 Å². The Morgan fingerprint density at radius 2 is 2.04 bits per heavy atom. The molecule has 2 aromatic heterocycles. The van der Waals surface area contributed by atoms with Crippen LogP contribution in [0.25, 0.3) is 5.82 Å². The van der Waals surface area contributed by atoms with Crippen LogP contribution in [0, 0.1) is 5.92 Å². The lowest BCUT2D eigenvalue weighted by Crippen LogP contribution is -2.43.